The molecular formula is C7H10IOP3. The molecule has 1 aromatic rings. The lowest BCUT2D eigenvalue weighted by Gasteiger charge is -2.12. The molecule has 0 spiro atoms. The molecule has 0 aliphatic rings. The first-order chi connectivity index (χ1) is 5.46. The molecule has 12 heavy (non-hydrogen) atoms. The maximum Gasteiger partial charge on any atom is 0.131 e. The molecule has 5 heteroatoms. The van der Waals surface area contributed by atoms with E-state index in [1.807, 2.05) is 6.92 Å². The molecule has 1 rings (SSSR count). The molecule has 0 saturated carbocycles. The molecule has 0 aliphatic heterocycles. The summed E-state index contributed by atoms with van der Waals surface area (Å²) in [6.07, 6.45) is 0. The summed E-state index contributed by atoms with van der Waals surface area (Å²) in [5, 5.41) is 12.5. The Hall–Kier alpha value is 1.04. The van der Waals surface area contributed by atoms with Crippen molar-refractivity contribution in [3.05, 3.63) is 9.13 Å². The Kier molecular flexibility index (Phi) is 3.75. The Bertz CT molecular complexity index is 233. The van der Waals surface area contributed by atoms with Crippen LogP contribution in [-0.2, 0) is 0 Å². The molecule has 0 radical (unpaired) electrons. The maximum absolute atomic E-state index is 9.64. The summed E-state index contributed by atoms with van der Waals surface area (Å²) in [6.45, 7) is 2.00. The zero-order valence-electron chi connectivity index (χ0n) is 6.56. The summed E-state index contributed by atoms with van der Waals surface area (Å²) in [5.41, 5.74) is 1.11. The lowest BCUT2D eigenvalue weighted by molar-refractivity contribution is 0.484. The van der Waals surface area contributed by atoms with Crippen molar-refractivity contribution in [3.63, 3.8) is 0 Å². The fourth-order valence-electron chi connectivity index (χ4n) is 0.881. The molecule has 0 aromatic heterocycles. The van der Waals surface area contributed by atoms with E-state index >= 15 is 0 Å². The second kappa shape index (κ2) is 4.05. The van der Waals surface area contributed by atoms with Gasteiger partial charge in [-0.25, -0.2) is 0 Å². The van der Waals surface area contributed by atoms with Gasteiger partial charge in [-0.2, -0.15) is 0 Å². The first-order valence-electron chi connectivity index (χ1n) is 3.28. The number of halogens is 1. The van der Waals surface area contributed by atoms with E-state index in [9.17, 15) is 5.11 Å². The van der Waals surface area contributed by atoms with Crippen LogP contribution in [0.15, 0.2) is 0 Å². The number of hydrogen-bond donors (Lipinski definition) is 1. The summed E-state index contributed by atoms with van der Waals surface area (Å²) < 4.78 is 1.09. The second-order valence-electron chi connectivity index (χ2n) is 2.53. The van der Waals surface area contributed by atoms with E-state index in [0.29, 0.717) is 5.75 Å². The molecule has 0 heterocycles. The second-order valence-corrected chi connectivity index (χ2v) is 5.34. The molecule has 1 nitrogen and oxygen atoms in total. The van der Waals surface area contributed by atoms with E-state index < -0.39 is 0 Å². The molecule has 0 aliphatic carbocycles. The molecule has 1 N–H and O–H groups in total. The minimum atomic E-state index is 0.359. The smallest absolute Gasteiger partial charge is 0.131 e. The number of phenolic OH excluding ortho intramolecular Hbond substituents is 1. The van der Waals surface area contributed by atoms with Gasteiger partial charge in [0.15, 0.2) is 0 Å². The van der Waals surface area contributed by atoms with E-state index in [2.05, 4.69) is 50.3 Å². The van der Waals surface area contributed by atoms with E-state index in [4.69, 9.17) is 0 Å². The largest absolute Gasteiger partial charge is 0.507 e. The fraction of sp³-hybridized carbons (Fsp3) is 0.143. The average molecular weight is 330 g/mol. The zero-order valence-corrected chi connectivity index (χ0v) is 12.2. The van der Waals surface area contributed by atoms with Crippen molar-refractivity contribution < 1.29 is 5.11 Å². The van der Waals surface area contributed by atoms with Gasteiger partial charge < -0.3 is 5.11 Å². The van der Waals surface area contributed by atoms with Crippen LogP contribution >= 0.6 is 50.3 Å². The Morgan fingerprint density at radius 2 is 1.58 bits per heavy atom. The van der Waals surface area contributed by atoms with Crippen molar-refractivity contribution in [1.82, 2.24) is 0 Å². The number of hydrogen-bond acceptors (Lipinski definition) is 1. The van der Waals surface area contributed by atoms with Crippen LogP contribution in [0.2, 0.25) is 0 Å². The first kappa shape index (κ1) is 11.1. The molecule has 3 atom stereocenters. The van der Waals surface area contributed by atoms with Gasteiger partial charge in [0.05, 0.1) is 0 Å². The third-order valence-corrected chi connectivity index (χ3v) is 6.12. The predicted molar refractivity (Wildman–Crippen MR) is 73.6 cm³/mol. The molecular weight excluding hydrogens is 320 g/mol. The summed E-state index contributed by atoms with van der Waals surface area (Å²) in [7, 11) is 7.80. The van der Waals surface area contributed by atoms with Crippen LogP contribution in [0.25, 0.3) is 0 Å². The van der Waals surface area contributed by atoms with Crippen LogP contribution in [0.4, 0.5) is 0 Å². The molecule has 0 bridgehead atoms. The number of phenols is 1. The summed E-state index contributed by atoms with van der Waals surface area (Å²) >= 11 is 2.23. The highest BCUT2D eigenvalue weighted by molar-refractivity contribution is 14.1. The number of aromatic hydroxyl groups is 1. The molecule has 3 unspecified atom stereocenters. The van der Waals surface area contributed by atoms with Crippen LogP contribution < -0.4 is 15.9 Å². The van der Waals surface area contributed by atoms with Crippen LogP contribution in [0.5, 0.6) is 5.75 Å². The van der Waals surface area contributed by atoms with E-state index in [1.54, 1.807) is 0 Å². The third kappa shape index (κ3) is 1.77. The van der Waals surface area contributed by atoms with Crippen molar-refractivity contribution >= 4 is 66.2 Å². The minimum absolute atomic E-state index is 0.359. The van der Waals surface area contributed by atoms with Crippen molar-refractivity contribution in [1.29, 1.82) is 0 Å². The van der Waals surface area contributed by atoms with Gasteiger partial charge in [-0.1, -0.05) is 0 Å². The summed E-state index contributed by atoms with van der Waals surface area (Å²) in [5.74, 6) is 0.359. The predicted octanol–water partition coefficient (Wildman–Crippen LogP) is 0.806. The highest BCUT2D eigenvalue weighted by Gasteiger charge is 2.11. The highest BCUT2D eigenvalue weighted by atomic mass is 127. The maximum atomic E-state index is 9.64. The number of rotatable bonds is 0. The van der Waals surface area contributed by atoms with Gasteiger partial charge in [0.1, 0.15) is 5.75 Å². The van der Waals surface area contributed by atoms with E-state index in [-0.39, 0.29) is 0 Å². The SMILES string of the molecule is Cc1c(P)c(O)c(P)c(I)c1P. The van der Waals surface area contributed by atoms with E-state index in [0.717, 1.165) is 25.0 Å². The van der Waals surface area contributed by atoms with Gasteiger partial charge in [0.2, 0.25) is 0 Å². The highest BCUT2D eigenvalue weighted by Crippen LogP contribution is 2.18. The molecule has 0 saturated heterocycles. The van der Waals surface area contributed by atoms with Gasteiger partial charge in [0, 0.05) is 14.2 Å². The molecule has 0 amide bonds. The third-order valence-electron chi connectivity index (χ3n) is 1.79. The van der Waals surface area contributed by atoms with E-state index in [1.165, 1.54) is 0 Å². The Labute approximate surface area is 92.8 Å². The van der Waals surface area contributed by atoms with Gasteiger partial charge >= 0.3 is 0 Å². The topological polar surface area (TPSA) is 20.2 Å². The van der Waals surface area contributed by atoms with Gasteiger partial charge in [0.25, 0.3) is 0 Å². The first-order valence-corrected chi connectivity index (χ1v) is 6.09. The van der Waals surface area contributed by atoms with Crippen molar-refractivity contribution in [2.45, 2.75) is 6.92 Å². The zero-order chi connectivity index (χ0) is 9.46. The van der Waals surface area contributed by atoms with Crippen LogP contribution in [0, 0.1) is 10.5 Å². The van der Waals surface area contributed by atoms with Crippen molar-refractivity contribution in [2.24, 2.45) is 0 Å². The van der Waals surface area contributed by atoms with Crippen molar-refractivity contribution in [3.8, 4) is 5.75 Å². The summed E-state index contributed by atoms with van der Waals surface area (Å²) in [6, 6.07) is 0. The van der Waals surface area contributed by atoms with Gasteiger partial charge in [-0.05, 0) is 40.4 Å². The Balaban J connectivity index is 3.60. The van der Waals surface area contributed by atoms with Crippen LogP contribution in [0.3, 0.4) is 0 Å². The van der Waals surface area contributed by atoms with Crippen LogP contribution in [0.1, 0.15) is 5.56 Å². The molecule has 1 aromatic carbocycles. The van der Waals surface area contributed by atoms with Gasteiger partial charge in [-0.3, -0.25) is 0 Å². The fourth-order valence-corrected chi connectivity index (χ4v) is 2.97. The number of benzene rings is 1. The average Bonchev–Trinajstić information content (AvgIpc) is 2.08. The van der Waals surface area contributed by atoms with Crippen LogP contribution in [-0.4, -0.2) is 5.11 Å². The Morgan fingerprint density at radius 3 is 2.08 bits per heavy atom. The molecule has 0 fully saturated rings. The lowest BCUT2D eigenvalue weighted by atomic mass is 10.2. The normalized spacial score (nSPS) is 10.4. The monoisotopic (exact) mass is 330 g/mol. The van der Waals surface area contributed by atoms with Gasteiger partial charge in [-0.15, -0.1) is 27.7 Å². The minimum Gasteiger partial charge on any atom is -0.507 e. The standard InChI is InChI=1S/C7H10IOP3/c1-2-5(10)3(8)7(12)4(9)6(2)11/h9H,10-12H2,1H3. The summed E-state index contributed by atoms with van der Waals surface area (Å²) in [4.78, 5) is 0. The lowest BCUT2D eigenvalue weighted by Crippen LogP contribution is -2.21. The molecule has 66 valence electrons. The quantitative estimate of drug-likeness (QED) is 0.551. The Morgan fingerprint density at radius 1 is 1.08 bits per heavy atom. The van der Waals surface area contributed by atoms with Crippen molar-refractivity contribution in [2.75, 3.05) is 0 Å².